The maximum Gasteiger partial charge on any atom is 0.310 e. The van der Waals surface area contributed by atoms with Gasteiger partial charge < -0.3 is 19.1 Å². The molecular formula is C52H82N2O7. The Morgan fingerprint density at radius 3 is 2.08 bits per heavy atom. The molecule has 2 saturated heterocycles. The van der Waals surface area contributed by atoms with Gasteiger partial charge in [-0.05, 0) is 161 Å². The first kappa shape index (κ1) is 44.2. The van der Waals surface area contributed by atoms with Crippen LogP contribution in [0, 0.1) is 79.3 Å². The van der Waals surface area contributed by atoms with Gasteiger partial charge in [-0.2, -0.15) is 0 Å². The zero-order valence-corrected chi connectivity index (χ0v) is 39.5. The predicted molar refractivity (Wildman–Crippen MR) is 235 cm³/mol. The Labute approximate surface area is 368 Å². The number of piperidine rings is 1. The second-order valence-corrected chi connectivity index (χ2v) is 24.9. The van der Waals surface area contributed by atoms with Gasteiger partial charge in [-0.25, -0.2) is 0 Å². The monoisotopic (exact) mass is 847 g/mol. The average Bonchev–Trinajstić information content (AvgIpc) is 3.85. The molecule has 9 fully saturated rings. The summed E-state index contributed by atoms with van der Waals surface area (Å²) in [5.74, 6) is 3.33. The number of likely N-dealkylation sites (tertiary alicyclic amines) is 1. The highest BCUT2D eigenvalue weighted by atomic mass is 16.6. The van der Waals surface area contributed by atoms with Gasteiger partial charge in [0.25, 0.3) is 6.47 Å². The molecule has 9 rings (SSSR count). The quantitative estimate of drug-likeness (QED) is 0.150. The second-order valence-electron chi connectivity index (χ2n) is 24.9. The van der Waals surface area contributed by atoms with Gasteiger partial charge in [0.05, 0.1) is 24.5 Å². The van der Waals surface area contributed by atoms with E-state index in [1.54, 1.807) is 0 Å². The molecule has 0 aromatic rings. The van der Waals surface area contributed by atoms with Crippen molar-refractivity contribution in [2.45, 2.75) is 177 Å². The number of morpholine rings is 1. The number of nitrogens with zero attached hydrogens (tertiary/aromatic N) is 2. The molecule has 0 bridgehead atoms. The molecule has 0 spiro atoms. The topological polar surface area (TPSA) is 102 Å². The van der Waals surface area contributed by atoms with E-state index in [0.29, 0.717) is 66.0 Å². The number of rotatable bonds is 11. The number of hydrogen-bond donors (Lipinski definition) is 0. The Balaban J connectivity index is 0.892. The van der Waals surface area contributed by atoms with Gasteiger partial charge >= 0.3 is 5.97 Å². The normalized spacial score (nSPS) is 44.9. The fourth-order valence-corrected chi connectivity index (χ4v) is 17.5. The number of esters is 1. The zero-order chi connectivity index (χ0) is 43.4. The number of Topliss-reactive ketones (excluding diaryl/α,β-unsaturated/α-hetero) is 1. The second kappa shape index (κ2) is 15.6. The molecule has 2 aliphatic heterocycles. The number of hydrogen-bond acceptors (Lipinski definition) is 8. The zero-order valence-electron chi connectivity index (χ0n) is 39.5. The first-order chi connectivity index (χ1) is 28.9. The SMILES string of the molecule is CC1([C@@H]2CC[C@]3(C(=O)N4CCC(C(=O)CCCN5CCOCC5)CC4)CC[C@]4(C)[C@H](CC[C@@H]5[C@@]6(C)CC[C@H](OC(=O)[C@H]7C[C@@H](OC=O)C7(C)C)C(C)(C)[C@@H]6CC[C@]54C)[C@@H]23)CC1. The van der Waals surface area contributed by atoms with Crippen molar-refractivity contribution in [1.29, 1.82) is 0 Å². The number of ketones is 1. The minimum atomic E-state index is -0.413. The molecule has 0 aromatic heterocycles. The summed E-state index contributed by atoms with van der Waals surface area (Å²) in [6, 6.07) is 0. The number of amides is 1. The van der Waals surface area contributed by atoms with Crippen molar-refractivity contribution in [3.05, 3.63) is 0 Å². The number of carbonyl (C=O) groups is 4. The molecule has 342 valence electrons. The Kier molecular flexibility index (Phi) is 11.3. The van der Waals surface area contributed by atoms with Crippen LogP contribution in [0.25, 0.3) is 0 Å². The van der Waals surface area contributed by atoms with Crippen LogP contribution in [0.2, 0.25) is 0 Å². The van der Waals surface area contributed by atoms with Crippen molar-refractivity contribution >= 4 is 24.1 Å². The Bertz CT molecular complexity index is 1710. The largest absolute Gasteiger partial charge is 0.464 e. The standard InChI is InChI=1S/C52H82N2O7/c1-46(2)37(32-42(46)60-33-55)44(57)61-41-15-18-49(6)39(47(41,3)4)14-19-51(8)40(49)12-11-36-43-35(48(5)21-22-48)13-20-52(43,24-23-50(36,51)7)45(58)54-26-16-34(17-27-54)38(56)10-9-25-53-28-30-59-31-29-53/h33-37,39-43H,9-32H2,1-8H3/t35-,36-,37-,39+,40-,41+,42-,43-,49+,50-,51-,52+/m1/s1. The van der Waals surface area contributed by atoms with Crippen molar-refractivity contribution in [3.8, 4) is 0 Å². The minimum absolute atomic E-state index is 0.101. The van der Waals surface area contributed by atoms with Crippen molar-refractivity contribution in [2.75, 3.05) is 45.9 Å². The first-order valence-corrected chi connectivity index (χ1v) is 25.3. The highest BCUT2D eigenvalue weighted by Crippen LogP contribution is 2.79. The Morgan fingerprint density at radius 2 is 1.41 bits per heavy atom. The Hall–Kier alpha value is -2.00. The maximum absolute atomic E-state index is 15.3. The predicted octanol–water partition coefficient (Wildman–Crippen LogP) is 9.29. The van der Waals surface area contributed by atoms with E-state index in [4.69, 9.17) is 14.2 Å². The number of ether oxygens (including phenoxy) is 3. The lowest BCUT2D eigenvalue weighted by Crippen LogP contribution is -2.68. The van der Waals surface area contributed by atoms with Gasteiger partial charge in [0, 0.05) is 49.3 Å². The lowest BCUT2D eigenvalue weighted by atomic mass is 9.32. The van der Waals surface area contributed by atoms with E-state index in [1.807, 2.05) is 13.8 Å². The highest BCUT2D eigenvalue weighted by Gasteiger charge is 2.74. The van der Waals surface area contributed by atoms with Gasteiger partial charge in [-0.15, -0.1) is 0 Å². The van der Waals surface area contributed by atoms with Crippen LogP contribution >= 0.6 is 0 Å². The van der Waals surface area contributed by atoms with Gasteiger partial charge in [-0.3, -0.25) is 24.1 Å². The van der Waals surface area contributed by atoms with E-state index >= 15 is 4.79 Å². The van der Waals surface area contributed by atoms with Crippen molar-refractivity contribution in [3.63, 3.8) is 0 Å². The molecule has 9 aliphatic rings. The van der Waals surface area contributed by atoms with E-state index in [-0.39, 0.29) is 57.1 Å². The molecule has 9 heteroatoms. The molecule has 1 amide bonds. The molecule has 0 unspecified atom stereocenters. The molecule has 0 radical (unpaired) electrons. The Morgan fingerprint density at radius 1 is 0.689 bits per heavy atom. The molecule has 9 nitrogen and oxygen atoms in total. The first-order valence-electron chi connectivity index (χ1n) is 25.3. The summed E-state index contributed by atoms with van der Waals surface area (Å²) in [7, 11) is 0. The molecule has 61 heavy (non-hydrogen) atoms. The molecule has 0 N–H and O–H groups in total. The van der Waals surface area contributed by atoms with Crippen LogP contribution in [0.15, 0.2) is 0 Å². The van der Waals surface area contributed by atoms with Gasteiger partial charge in [0.1, 0.15) is 18.0 Å². The summed E-state index contributed by atoms with van der Waals surface area (Å²) in [5.41, 5.74) is 0.110. The summed E-state index contributed by atoms with van der Waals surface area (Å²) in [6.45, 7) is 25.9. The van der Waals surface area contributed by atoms with E-state index in [9.17, 15) is 14.4 Å². The number of fused-ring (bicyclic) bond motifs is 7. The molecule has 7 saturated carbocycles. The van der Waals surface area contributed by atoms with Crippen LogP contribution in [0.4, 0.5) is 0 Å². The van der Waals surface area contributed by atoms with E-state index in [1.165, 1.54) is 38.5 Å². The third-order valence-corrected chi connectivity index (χ3v) is 21.9. The maximum atomic E-state index is 15.3. The van der Waals surface area contributed by atoms with Gasteiger partial charge in [-0.1, -0.05) is 55.4 Å². The summed E-state index contributed by atoms with van der Waals surface area (Å²) >= 11 is 0. The molecule has 12 atom stereocenters. The third-order valence-electron chi connectivity index (χ3n) is 21.9. The molecule has 0 aromatic carbocycles. The summed E-state index contributed by atoms with van der Waals surface area (Å²) < 4.78 is 17.3. The van der Waals surface area contributed by atoms with Gasteiger partial charge in [0.15, 0.2) is 0 Å². The molecule has 2 heterocycles. The van der Waals surface area contributed by atoms with Crippen LogP contribution in [-0.4, -0.2) is 92.1 Å². The van der Waals surface area contributed by atoms with Crippen LogP contribution in [0.5, 0.6) is 0 Å². The highest BCUT2D eigenvalue weighted by molar-refractivity contribution is 5.85. The fourth-order valence-electron chi connectivity index (χ4n) is 17.5. The van der Waals surface area contributed by atoms with Crippen LogP contribution in [0.1, 0.15) is 165 Å². The summed E-state index contributed by atoms with van der Waals surface area (Å²) in [4.78, 5) is 58.3. The van der Waals surface area contributed by atoms with Gasteiger partial charge in [0.2, 0.25) is 5.91 Å². The van der Waals surface area contributed by atoms with E-state index in [0.717, 1.165) is 104 Å². The van der Waals surface area contributed by atoms with Crippen LogP contribution < -0.4 is 0 Å². The lowest BCUT2D eigenvalue weighted by Gasteiger charge is -2.73. The van der Waals surface area contributed by atoms with Crippen LogP contribution in [-0.2, 0) is 33.4 Å². The fraction of sp³-hybridized carbons (Fsp3) is 0.923. The van der Waals surface area contributed by atoms with Crippen molar-refractivity contribution < 1.29 is 33.4 Å². The van der Waals surface area contributed by atoms with Crippen LogP contribution in [0.3, 0.4) is 0 Å². The lowest BCUT2D eigenvalue weighted by molar-refractivity contribution is -0.253. The number of carbonyl (C=O) groups excluding carboxylic acids is 4. The van der Waals surface area contributed by atoms with Crippen molar-refractivity contribution in [2.24, 2.45) is 79.3 Å². The third kappa shape index (κ3) is 6.85. The van der Waals surface area contributed by atoms with Crippen molar-refractivity contribution in [1.82, 2.24) is 9.80 Å². The minimum Gasteiger partial charge on any atom is -0.464 e. The summed E-state index contributed by atoms with van der Waals surface area (Å²) in [5, 5.41) is 0. The average molecular weight is 847 g/mol. The molecule has 7 aliphatic carbocycles. The van der Waals surface area contributed by atoms with E-state index in [2.05, 4.69) is 51.3 Å². The molecular weight excluding hydrogens is 765 g/mol. The van der Waals surface area contributed by atoms with E-state index < -0.39 is 5.41 Å². The summed E-state index contributed by atoms with van der Waals surface area (Å²) in [6.07, 6.45) is 17.3. The smallest absolute Gasteiger partial charge is 0.310 e.